The van der Waals surface area contributed by atoms with Crippen molar-refractivity contribution in [2.75, 3.05) is 33.4 Å². The van der Waals surface area contributed by atoms with Crippen LogP contribution < -0.4 is 4.74 Å². The Kier molecular flexibility index (Phi) is 5.86. The standard InChI is InChI=1S/C24H28N2O3/c1-3-22-24(27,19-11-13-26(22)14-12-19)20-9-10-23(29-16-15-28-2)25-21(20)17-18-7-5-4-6-8-18/h1,4-10,19,22,27H,11-17H2,2H3/t22?,24-/m1/s1. The van der Waals surface area contributed by atoms with Gasteiger partial charge in [-0.15, -0.1) is 6.42 Å². The molecule has 2 atom stereocenters. The molecule has 0 amide bonds. The lowest BCUT2D eigenvalue weighted by molar-refractivity contribution is -0.143. The van der Waals surface area contributed by atoms with Gasteiger partial charge in [0, 0.05) is 25.2 Å². The molecule has 1 aromatic heterocycles. The monoisotopic (exact) mass is 392 g/mol. The quantitative estimate of drug-likeness (QED) is 0.580. The van der Waals surface area contributed by atoms with Crippen molar-refractivity contribution >= 4 is 0 Å². The van der Waals surface area contributed by atoms with Crippen molar-refractivity contribution in [2.24, 2.45) is 5.92 Å². The van der Waals surface area contributed by atoms with Crippen LogP contribution in [0.15, 0.2) is 42.5 Å². The molecule has 1 N–H and O–H groups in total. The number of methoxy groups -OCH3 is 1. The number of rotatable bonds is 7. The molecule has 5 rings (SSSR count). The van der Waals surface area contributed by atoms with Gasteiger partial charge in [0.2, 0.25) is 5.88 Å². The summed E-state index contributed by atoms with van der Waals surface area (Å²) in [6.45, 7) is 2.82. The van der Waals surface area contributed by atoms with Gasteiger partial charge in [0.25, 0.3) is 0 Å². The van der Waals surface area contributed by atoms with Crippen LogP contribution in [0.4, 0.5) is 0 Å². The molecule has 0 radical (unpaired) electrons. The first kappa shape index (κ1) is 19.9. The van der Waals surface area contributed by atoms with E-state index in [0.717, 1.165) is 42.8 Å². The Morgan fingerprint density at radius 2 is 1.93 bits per heavy atom. The second kappa shape index (κ2) is 8.54. The molecule has 3 fully saturated rings. The number of benzene rings is 1. The van der Waals surface area contributed by atoms with E-state index in [2.05, 4.69) is 23.0 Å². The molecule has 1 aromatic carbocycles. The predicted octanol–water partition coefficient (Wildman–Crippen LogP) is 2.61. The maximum absolute atomic E-state index is 12.0. The molecule has 4 heterocycles. The zero-order valence-corrected chi connectivity index (χ0v) is 16.9. The Hall–Kier alpha value is -2.39. The summed E-state index contributed by atoms with van der Waals surface area (Å²) in [6, 6.07) is 13.6. The molecule has 2 bridgehead atoms. The van der Waals surface area contributed by atoms with Gasteiger partial charge in [0.1, 0.15) is 18.2 Å². The zero-order chi connectivity index (χ0) is 20.3. The molecule has 5 heteroatoms. The number of hydrogen-bond acceptors (Lipinski definition) is 5. The summed E-state index contributed by atoms with van der Waals surface area (Å²) in [7, 11) is 1.64. The van der Waals surface area contributed by atoms with Gasteiger partial charge in [-0.1, -0.05) is 36.3 Å². The Bertz CT molecular complexity index is 871. The predicted molar refractivity (Wildman–Crippen MR) is 112 cm³/mol. The lowest BCUT2D eigenvalue weighted by atomic mass is 9.66. The minimum absolute atomic E-state index is 0.144. The Balaban J connectivity index is 1.74. The zero-order valence-electron chi connectivity index (χ0n) is 16.9. The lowest BCUT2D eigenvalue weighted by Gasteiger charge is -2.54. The molecule has 5 nitrogen and oxygen atoms in total. The molecule has 0 spiro atoms. The first-order valence-electron chi connectivity index (χ1n) is 10.3. The minimum Gasteiger partial charge on any atom is -0.475 e. The first-order valence-corrected chi connectivity index (χ1v) is 10.3. The smallest absolute Gasteiger partial charge is 0.213 e. The van der Waals surface area contributed by atoms with Crippen LogP contribution >= 0.6 is 0 Å². The van der Waals surface area contributed by atoms with Crippen molar-refractivity contribution in [1.82, 2.24) is 9.88 Å². The summed E-state index contributed by atoms with van der Waals surface area (Å²) >= 11 is 0. The van der Waals surface area contributed by atoms with E-state index in [1.807, 2.05) is 30.3 Å². The number of terminal acetylenes is 1. The Morgan fingerprint density at radius 1 is 1.17 bits per heavy atom. The van der Waals surface area contributed by atoms with Gasteiger partial charge in [-0.25, -0.2) is 4.98 Å². The fourth-order valence-corrected chi connectivity index (χ4v) is 4.78. The van der Waals surface area contributed by atoms with E-state index < -0.39 is 5.60 Å². The SMILES string of the molecule is C#CC1N2CCC(CC2)[C@@]1(O)c1ccc(OCCOC)nc1Cc1ccccc1. The van der Waals surface area contributed by atoms with Crippen LogP contribution in [0, 0.1) is 18.3 Å². The maximum Gasteiger partial charge on any atom is 0.213 e. The molecule has 3 aliphatic rings. The van der Waals surface area contributed by atoms with Gasteiger partial charge in [-0.2, -0.15) is 0 Å². The second-order valence-electron chi connectivity index (χ2n) is 7.85. The van der Waals surface area contributed by atoms with Crippen LogP contribution in [0.25, 0.3) is 0 Å². The highest BCUT2D eigenvalue weighted by Gasteiger charge is 2.54. The number of hydrogen-bond donors (Lipinski definition) is 1. The number of piperidine rings is 3. The molecule has 2 aromatic rings. The van der Waals surface area contributed by atoms with Crippen molar-refractivity contribution in [2.45, 2.75) is 30.9 Å². The number of fused-ring (bicyclic) bond motifs is 3. The van der Waals surface area contributed by atoms with Crippen LogP contribution in [-0.4, -0.2) is 54.4 Å². The average Bonchev–Trinajstić information content (AvgIpc) is 2.75. The van der Waals surface area contributed by atoms with E-state index in [1.165, 1.54) is 0 Å². The van der Waals surface area contributed by atoms with Crippen LogP contribution in [0.1, 0.15) is 29.7 Å². The molecule has 3 saturated heterocycles. The van der Waals surface area contributed by atoms with Gasteiger partial charge < -0.3 is 14.6 Å². The van der Waals surface area contributed by atoms with Crippen molar-refractivity contribution in [3.8, 4) is 18.2 Å². The average molecular weight is 392 g/mol. The normalized spacial score (nSPS) is 28.1. The molecular weight excluding hydrogens is 364 g/mol. The lowest BCUT2D eigenvalue weighted by Crippen LogP contribution is -2.63. The summed E-state index contributed by atoms with van der Waals surface area (Å²) in [5.41, 5.74) is 1.70. The third-order valence-corrected chi connectivity index (χ3v) is 6.22. The summed E-state index contributed by atoms with van der Waals surface area (Å²) in [5, 5.41) is 12.0. The highest BCUT2D eigenvalue weighted by atomic mass is 16.5. The van der Waals surface area contributed by atoms with Gasteiger partial charge in [0.05, 0.1) is 12.3 Å². The highest BCUT2D eigenvalue weighted by Crippen LogP contribution is 2.47. The van der Waals surface area contributed by atoms with Gasteiger partial charge in [-0.05, 0) is 43.5 Å². The molecule has 0 saturated carbocycles. The van der Waals surface area contributed by atoms with Crippen LogP contribution in [0.3, 0.4) is 0 Å². The van der Waals surface area contributed by atoms with Gasteiger partial charge in [0.15, 0.2) is 0 Å². The maximum atomic E-state index is 12.0. The second-order valence-corrected chi connectivity index (χ2v) is 7.85. The summed E-state index contributed by atoms with van der Waals surface area (Å²) in [6.07, 6.45) is 8.42. The molecule has 1 unspecified atom stereocenters. The van der Waals surface area contributed by atoms with Crippen LogP contribution in [-0.2, 0) is 16.8 Å². The fourth-order valence-electron chi connectivity index (χ4n) is 4.78. The summed E-state index contributed by atoms with van der Waals surface area (Å²) in [4.78, 5) is 7.02. The number of pyridine rings is 1. The number of nitrogens with zero attached hydrogens (tertiary/aromatic N) is 2. The fraction of sp³-hybridized carbons (Fsp3) is 0.458. The molecule has 152 valence electrons. The third-order valence-electron chi connectivity index (χ3n) is 6.22. The van der Waals surface area contributed by atoms with E-state index >= 15 is 0 Å². The molecular formula is C24H28N2O3. The van der Waals surface area contributed by atoms with Crippen molar-refractivity contribution < 1.29 is 14.6 Å². The van der Waals surface area contributed by atoms with Crippen LogP contribution in [0.2, 0.25) is 0 Å². The molecule has 0 aliphatic carbocycles. The minimum atomic E-state index is -1.09. The Morgan fingerprint density at radius 3 is 2.62 bits per heavy atom. The summed E-state index contributed by atoms with van der Waals surface area (Å²) in [5.74, 6) is 3.56. The molecule has 3 aliphatic heterocycles. The van der Waals surface area contributed by atoms with Crippen molar-refractivity contribution in [3.05, 3.63) is 59.3 Å². The van der Waals surface area contributed by atoms with Crippen molar-refractivity contribution in [3.63, 3.8) is 0 Å². The first-order chi connectivity index (χ1) is 14.2. The number of aliphatic hydroxyl groups is 1. The van der Waals surface area contributed by atoms with E-state index in [0.29, 0.717) is 25.5 Å². The molecule has 29 heavy (non-hydrogen) atoms. The topological polar surface area (TPSA) is 54.8 Å². The van der Waals surface area contributed by atoms with Gasteiger partial charge >= 0.3 is 0 Å². The van der Waals surface area contributed by atoms with Crippen LogP contribution in [0.5, 0.6) is 5.88 Å². The van der Waals surface area contributed by atoms with E-state index in [1.54, 1.807) is 7.11 Å². The van der Waals surface area contributed by atoms with E-state index in [4.69, 9.17) is 20.9 Å². The van der Waals surface area contributed by atoms with E-state index in [9.17, 15) is 5.11 Å². The van der Waals surface area contributed by atoms with Gasteiger partial charge in [-0.3, -0.25) is 4.90 Å². The third kappa shape index (κ3) is 3.76. The highest BCUT2D eigenvalue weighted by molar-refractivity contribution is 5.39. The summed E-state index contributed by atoms with van der Waals surface area (Å²) < 4.78 is 10.8. The number of ether oxygens (including phenoxy) is 2. The Labute approximate surface area is 172 Å². The van der Waals surface area contributed by atoms with E-state index in [-0.39, 0.29) is 12.0 Å². The van der Waals surface area contributed by atoms with Crippen molar-refractivity contribution in [1.29, 1.82) is 0 Å². The largest absolute Gasteiger partial charge is 0.475 e. The number of aromatic nitrogens is 1.